The number of thioether (sulfide) groups is 1. The van der Waals surface area contributed by atoms with Crippen molar-refractivity contribution in [1.29, 1.82) is 5.26 Å². The molecule has 2 amide bonds. The average molecular weight is 589 g/mol. The number of para-hydroxylation sites is 1. The van der Waals surface area contributed by atoms with E-state index in [1.807, 2.05) is 66.5 Å². The summed E-state index contributed by atoms with van der Waals surface area (Å²) < 4.78 is 7.01. The van der Waals surface area contributed by atoms with Gasteiger partial charge in [-0.05, 0) is 72.7 Å². The molecule has 7 nitrogen and oxygen atoms in total. The molecule has 1 aliphatic rings. The molecule has 216 valence electrons. The Labute approximate surface area is 256 Å². The number of benzene rings is 3. The average Bonchev–Trinajstić information content (AvgIpc) is 3.47. The molecule has 43 heavy (non-hydrogen) atoms. The highest BCUT2D eigenvalue weighted by atomic mass is 32.2. The molecule has 0 radical (unpaired) electrons. The van der Waals surface area contributed by atoms with Crippen LogP contribution in [0.1, 0.15) is 37.8 Å². The quantitative estimate of drug-likeness (QED) is 0.0840. The van der Waals surface area contributed by atoms with Crippen molar-refractivity contribution in [2.75, 3.05) is 12.9 Å². The second-order valence-electron chi connectivity index (χ2n) is 10.2. The van der Waals surface area contributed by atoms with Crippen LogP contribution in [0.4, 0.5) is 0 Å². The zero-order chi connectivity index (χ0) is 30.3. The number of rotatable bonds is 10. The van der Waals surface area contributed by atoms with E-state index >= 15 is 0 Å². The van der Waals surface area contributed by atoms with E-state index in [0.717, 1.165) is 40.3 Å². The Balaban J connectivity index is 1.57. The van der Waals surface area contributed by atoms with Gasteiger partial charge in [-0.15, -0.1) is 11.8 Å². The summed E-state index contributed by atoms with van der Waals surface area (Å²) in [6, 6.07) is 27.2. The number of carbonyl (C=O) groups excluding carboxylic acids is 2. The molecule has 0 aliphatic carbocycles. The van der Waals surface area contributed by atoms with Crippen LogP contribution in [-0.4, -0.2) is 39.4 Å². The van der Waals surface area contributed by atoms with Crippen LogP contribution in [0.5, 0.6) is 5.75 Å². The summed E-state index contributed by atoms with van der Waals surface area (Å²) in [5, 5.41) is 14.8. The molecule has 4 aromatic rings. The highest BCUT2D eigenvalue weighted by molar-refractivity contribution is 7.99. The van der Waals surface area contributed by atoms with E-state index < -0.39 is 11.8 Å². The summed E-state index contributed by atoms with van der Waals surface area (Å²) in [5.41, 5.74) is 4.50. The van der Waals surface area contributed by atoms with Crippen LogP contribution >= 0.6 is 11.8 Å². The molecular formula is C35H32N4O3S. The van der Waals surface area contributed by atoms with Crippen LogP contribution in [0.3, 0.4) is 0 Å². The van der Waals surface area contributed by atoms with Crippen molar-refractivity contribution in [2.45, 2.75) is 38.1 Å². The summed E-state index contributed by atoms with van der Waals surface area (Å²) >= 11 is 1.83. The maximum Gasteiger partial charge on any atom is 0.271 e. The van der Waals surface area contributed by atoms with Gasteiger partial charge in [-0.25, -0.2) is 4.68 Å². The first kappa shape index (κ1) is 29.6. The fraction of sp³-hybridized carbons (Fsp3) is 0.200. The van der Waals surface area contributed by atoms with Gasteiger partial charge in [0.25, 0.3) is 11.8 Å². The molecule has 5 rings (SSSR count). The predicted molar refractivity (Wildman–Crippen MR) is 169 cm³/mol. The minimum atomic E-state index is -0.602. The standard InChI is InChI=1S/C35H32N4O3S/c1-4-5-19-43-30-17-13-26(14-18-30)33-27(23-39(37-33)28-9-7-6-8-10-28)20-31-24(2)32(21-36)35(41)38(34(31)40)22-25-11-15-29(42-3)16-12-25/h6-18,20,23H,4-5,19,22H2,1-3H3/b31-20+. The lowest BCUT2D eigenvalue weighted by Gasteiger charge is -2.27. The SMILES string of the molecule is CCCCSc1ccc(-c2nn(-c3ccccc3)cc2/C=C2/C(=O)N(Cc3ccc(OC)cc3)C(=O)C(C#N)=C2C)cc1. The number of nitrogens with zero attached hydrogens (tertiary/aromatic N) is 4. The number of imide groups is 1. The minimum Gasteiger partial charge on any atom is -0.497 e. The zero-order valence-electron chi connectivity index (χ0n) is 24.4. The maximum atomic E-state index is 13.9. The van der Waals surface area contributed by atoms with E-state index in [2.05, 4.69) is 19.1 Å². The number of amides is 2. The van der Waals surface area contributed by atoms with E-state index in [1.165, 1.54) is 4.90 Å². The van der Waals surface area contributed by atoms with Crippen molar-refractivity contribution in [3.8, 4) is 28.8 Å². The van der Waals surface area contributed by atoms with Crippen molar-refractivity contribution in [3.05, 3.63) is 113 Å². The van der Waals surface area contributed by atoms with Crippen molar-refractivity contribution < 1.29 is 14.3 Å². The highest BCUT2D eigenvalue weighted by Crippen LogP contribution is 2.33. The Morgan fingerprint density at radius 2 is 1.70 bits per heavy atom. The van der Waals surface area contributed by atoms with Crippen molar-refractivity contribution in [1.82, 2.24) is 14.7 Å². The first-order valence-electron chi connectivity index (χ1n) is 14.1. The molecule has 3 aromatic carbocycles. The number of methoxy groups -OCH3 is 1. The van der Waals surface area contributed by atoms with E-state index in [9.17, 15) is 14.9 Å². The highest BCUT2D eigenvalue weighted by Gasteiger charge is 2.35. The molecule has 0 fully saturated rings. The fourth-order valence-electron chi connectivity index (χ4n) is 4.82. The number of carbonyl (C=O) groups is 2. The number of hydrogen-bond donors (Lipinski definition) is 0. The molecular weight excluding hydrogens is 556 g/mol. The van der Waals surface area contributed by atoms with E-state index in [0.29, 0.717) is 22.6 Å². The smallest absolute Gasteiger partial charge is 0.271 e. The molecule has 0 saturated heterocycles. The predicted octanol–water partition coefficient (Wildman–Crippen LogP) is 7.23. The van der Waals surface area contributed by atoms with Gasteiger partial charge < -0.3 is 4.74 Å². The van der Waals surface area contributed by atoms with Gasteiger partial charge in [0, 0.05) is 27.8 Å². The molecule has 0 bridgehead atoms. The first-order chi connectivity index (χ1) is 20.9. The Bertz CT molecular complexity index is 1730. The number of ether oxygens (including phenoxy) is 1. The second-order valence-corrected chi connectivity index (χ2v) is 11.3. The molecule has 1 aromatic heterocycles. The van der Waals surface area contributed by atoms with Crippen molar-refractivity contribution in [2.24, 2.45) is 0 Å². The number of hydrogen-bond acceptors (Lipinski definition) is 6. The minimum absolute atomic E-state index is 0.0325. The Hall–Kier alpha value is -4.87. The monoisotopic (exact) mass is 588 g/mol. The molecule has 1 aliphatic heterocycles. The van der Waals surface area contributed by atoms with Gasteiger partial charge in [0.2, 0.25) is 0 Å². The van der Waals surface area contributed by atoms with E-state index in [-0.39, 0.29) is 17.7 Å². The molecule has 0 saturated carbocycles. The number of aromatic nitrogens is 2. The third-order valence-electron chi connectivity index (χ3n) is 7.28. The van der Waals surface area contributed by atoms with Gasteiger partial charge in [-0.3, -0.25) is 14.5 Å². The number of nitriles is 1. The van der Waals surface area contributed by atoms with Gasteiger partial charge in [0.05, 0.1) is 25.0 Å². The van der Waals surface area contributed by atoms with Gasteiger partial charge >= 0.3 is 0 Å². The van der Waals surface area contributed by atoms with Crippen LogP contribution in [0.15, 0.2) is 107 Å². The van der Waals surface area contributed by atoms with Crippen molar-refractivity contribution >= 4 is 29.7 Å². The molecule has 0 unspecified atom stereocenters. The molecule has 0 N–H and O–H groups in total. The van der Waals surface area contributed by atoms with E-state index in [1.54, 1.807) is 49.1 Å². The van der Waals surface area contributed by atoms with Crippen LogP contribution in [0, 0.1) is 11.3 Å². The molecule has 8 heteroatoms. The number of unbranched alkanes of at least 4 members (excludes halogenated alkanes) is 1. The Morgan fingerprint density at radius 1 is 0.977 bits per heavy atom. The lowest BCUT2D eigenvalue weighted by atomic mass is 9.93. The topological polar surface area (TPSA) is 88.2 Å². The second kappa shape index (κ2) is 13.4. The fourth-order valence-corrected chi connectivity index (χ4v) is 5.81. The van der Waals surface area contributed by atoms with Crippen LogP contribution in [-0.2, 0) is 16.1 Å². The molecule has 0 spiro atoms. The van der Waals surface area contributed by atoms with Gasteiger partial charge in [-0.2, -0.15) is 10.4 Å². The molecule has 0 atom stereocenters. The summed E-state index contributed by atoms with van der Waals surface area (Å²) in [7, 11) is 1.58. The zero-order valence-corrected chi connectivity index (χ0v) is 25.2. The van der Waals surface area contributed by atoms with E-state index in [4.69, 9.17) is 9.84 Å². The van der Waals surface area contributed by atoms with Crippen LogP contribution in [0.2, 0.25) is 0 Å². The summed E-state index contributed by atoms with van der Waals surface area (Å²) in [4.78, 5) is 29.4. The normalized spacial score (nSPS) is 14.4. The molecule has 2 heterocycles. The first-order valence-corrected chi connectivity index (χ1v) is 15.1. The van der Waals surface area contributed by atoms with Gasteiger partial charge in [-0.1, -0.05) is 55.8 Å². The maximum absolute atomic E-state index is 13.9. The summed E-state index contributed by atoms with van der Waals surface area (Å²) in [6.45, 7) is 3.86. The Morgan fingerprint density at radius 3 is 2.35 bits per heavy atom. The third-order valence-corrected chi connectivity index (χ3v) is 8.38. The largest absolute Gasteiger partial charge is 0.497 e. The summed E-state index contributed by atoms with van der Waals surface area (Å²) in [6.07, 6.45) is 5.94. The summed E-state index contributed by atoms with van der Waals surface area (Å²) in [5.74, 6) is 0.675. The lowest BCUT2D eigenvalue weighted by Crippen LogP contribution is -2.42. The van der Waals surface area contributed by atoms with Crippen LogP contribution in [0.25, 0.3) is 23.0 Å². The third kappa shape index (κ3) is 6.47. The van der Waals surface area contributed by atoms with Gasteiger partial charge in [0.1, 0.15) is 17.4 Å². The Kier molecular flexibility index (Phi) is 9.23. The van der Waals surface area contributed by atoms with Crippen molar-refractivity contribution in [3.63, 3.8) is 0 Å². The van der Waals surface area contributed by atoms with Gasteiger partial charge in [0.15, 0.2) is 0 Å². The lowest BCUT2D eigenvalue weighted by molar-refractivity contribution is -0.141. The van der Waals surface area contributed by atoms with Crippen LogP contribution < -0.4 is 4.74 Å².